The van der Waals surface area contributed by atoms with Crippen LogP contribution in [0.25, 0.3) is 0 Å². The first-order valence-corrected chi connectivity index (χ1v) is 8.27. The summed E-state index contributed by atoms with van der Waals surface area (Å²) in [5.74, 6) is -0.132. The Morgan fingerprint density at radius 1 is 1.16 bits per heavy atom. The van der Waals surface area contributed by atoms with Crippen molar-refractivity contribution >= 4 is 18.3 Å². The highest BCUT2D eigenvalue weighted by Gasteiger charge is 2.31. The van der Waals surface area contributed by atoms with Gasteiger partial charge < -0.3 is 15.0 Å². The molecule has 1 N–H and O–H groups in total. The van der Waals surface area contributed by atoms with E-state index in [-0.39, 0.29) is 24.1 Å². The Morgan fingerprint density at radius 2 is 1.84 bits per heavy atom. The summed E-state index contributed by atoms with van der Waals surface area (Å²) in [6.45, 7) is 1.54. The maximum absolute atomic E-state index is 12.4. The van der Waals surface area contributed by atoms with E-state index in [0.717, 1.165) is 31.5 Å². The fourth-order valence-electron chi connectivity index (χ4n) is 3.44. The lowest BCUT2D eigenvalue weighted by Gasteiger charge is -2.24. The highest BCUT2D eigenvalue weighted by Crippen LogP contribution is 2.24. The molecule has 0 saturated carbocycles. The normalized spacial score (nSPS) is 22.9. The minimum absolute atomic E-state index is 0. The zero-order valence-electron chi connectivity index (χ0n) is 13.7. The molecule has 2 unspecified atom stereocenters. The Kier molecular flexibility index (Phi) is 6.57. The molecule has 8 heteroatoms. The summed E-state index contributed by atoms with van der Waals surface area (Å²) in [6, 6.07) is 6.64. The van der Waals surface area contributed by atoms with Gasteiger partial charge in [0.1, 0.15) is 5.75 Å². The molecule has 2 heterocycles. The third kappa shape index (κ3) is 5.78. The number of aryl methyl sites for hydroxylation is 1. The molecule has 0 radical (unpaired) electrons. The van der Waals surface area contributed by atoms with Crippen LogP contribution in [0.1, 0.15) is 31.2 Å². The van der Waals surface area contributed by atoms with Crippen molar-refractivity contribution in [1.29, 1.82) is 0 Å². The van der Waals surface area contributed by atoms with Gasteiger partial charge in [-0.3, -0.25) is 4.79 Å². The maximum Gasteiger partial charge on any atom is 0.573 e. The Balaban J connectivity index is 0.00000225. The van der Waals surface area contributed by atoms with Crippen LogP contribution in [0, 0.1) is 0 Å². The molecule has 1 aromatic rings. The fraction of sp³-hybridized carbons (Fsp3) is 0.588. The second-order valence-corrected chi connectivity index (χ2v) is 6.46. The number of carbonyl (C=O) groups is 1. The molecule has 25 heavy (non-hydrogen) atoms. The van der Waals surface area contributed by atoms with Crippen LogP contribution < -0.4 is 10.1 Å². The van der Waals surface area contributed by atoms with Gasteiger partial charge in [-0.15, -0.1) is 25.6 Å². The number of likely N-dealkylation sites (tertiary alicyclic amines) is 1. The van der Waals surface area contributed by atoms with Gasteiger partial charge in [-0.25, -0.2) is 0 Å². The van der Waals surface area contributed by atoms with Crippen molar-refractivity contribution in [2.45, 2.75) is 50.6 Å². The van der Waals surface area contributed by atoms with Gasteiger partial charge in [0.15, 0.2) is 0 Å². The molecule has 0 aromatic heterocycles. The van der Waals surface area contributed by atoms with E-state index in [4.69, 9.17) is 0 Å². The summed E-state index contributed by atoms with van der Waals surface area (Å²) >= 11 is 0. The van der Waals surface area contributed by atoms with Crippen molar-refractivity contribution in [2.75, 3.05) is 13.1 Å². The Hall–Kier alpha value is -1.47. The number of amides is 1. The highest BCUT2D eigenvalue weighted by atomic mass is 35.5. The van der Waals surface area contributed by atoms with E-state index in [0.29, 0.717) is 24.9 Å². The van der Waals surface area contributed by atoms with Crippen molar-refractivity contribution < 1.29 is 22.7 Å². The summed E-state index contributed by atoms with van der Waals surface area (Å²) in [4.78, 5) is 14.3. The number of fused-ring (bicyclic) bond motifs is 2. The van der Waals surface area contributed by atoms with Crippen molar-refractivity contribution in [3.63, 3.8) is 0 Å². The number of benzene rings is 1. The number of nitrogens with one attached hydrogen (secondary N) is 1. The number of hydrogen-bond donors (Lipinski definition) is 1. The Bertz CT molecular complexity index is 580. The van der Waals surface area contributed by atoms with E-state index in [1.807, 2.05) is 4.90 Å². The van der Waals surface area contributed by atoms with E-state index in [1.54, 1.807) is 12.1 Å². The monoisotopic (exact) mass is 378 g/mol. The number of halogens is 4. The third-order valence-electron chi connectivity index (χ3n) is 4.66. The number of hydrogen-bond acceptors (Lipinski definition) is 3. The first kappa shape index (κ1) is 19.8. The van der Waals surface area contributed by atoms with Gasteiger partial charge in [-0.05, 0) is 43.4 Å². The minimum atomic E-state index is -4.68. The van der Waals surface area contributed by atoms with Crippen LogP contribution in [0.3, 0.4) is 0 Å². The quantitative estimate of drug-likeness (QED) is 0.874. The zero-order valence-corrected chi connectivity index (χ0v) is 14.5. The van der Waals surface area contributed by atoms with Crippen LogP contribution in [0.5, 0.6) is 5.75 Å². The SMILES string of the molecule is Cl.O=C(CCc1ccc(OC(F)(F)F)cc1)N1CCC2CCC(C1)N2. The van der Waals surface area contributed by atoms with Crippen LogP contribution >= 0.6 is 12.4 Å². The van der Waals surface area contributed by atoms with Crippen LogP contribution in [0.4, 0.5) is 13.2 Å². The van der Waals surface area contributed by atoms with Crippen LogP contribution in [0.15, 0.2) is 24.3 Å². The third-order valence-corrected chi connectivity index (χ3v) is 4.66. The minimum Gasteiger partial charge on any atom is -0.406 e. The second-order valence-electron chi connectivity index (χ2n) is 6.46. The number of ether oxygens (including phenoxy) is 1. The van der Waals surface area contributed by atoms with E-state index in [1.165, 1.54) is 18.6 Å². The van der Waals surface area contributed by atoms with Gasteiger partial charge in [0.05, 0.1) is 0 Å². The van der Waals surface area contributed by atoms with Crippen molar-refractivity contribution in [2.24, 2.45) is 0 Å². The van der Waals surface area contributed by atoms with E-state index in [9.17, 15) is 18.0 Å². The summed E-state index contributed by atoms with van der Waals surface area (Å²) in [5.41, 5.74) is 0.826. The van der Waals surface area contributed by atoms with E-state index in [2.05, 4.69) is 10.1 Å². The lowest BCUT2D eigenvalue weighted by atomic mass is 10.1. The number of nitrogens with zero attached hydrogens (tertiary/aromatic N) is 1. The van der Waals surface area contributed by atoms with Crippen molar-refractivity contribution in [3.8, 4) is 5.75 Å². The summed E-state index contributed by atoms with van der Waals surface area (Å²) in [5, 5.41) is 3.54. The average Bonchev–Trinajstić information content (AvgIpc) is 2.84. The van der Waals surface area contributed by atoms with E-state index >= 15 is 0 Å². The first-order chi connectivity index (χ1) is 11.4. The summed E-state index contributed by atoms with van der Waals surface area (Å²) < 4.78 is 40.2. The molecule has 2 bridgehead atoms. The van der Waals surface area contributed by atoms with Crippen molar-refractivity contribution in [1.82, 2.24) is 10.2 Å². The largest absolute Gasteiger partial charge is 0.573 e. The van der Waals surface area contributed by atoms with Crippen LogP contribution in [-0.2, 0) is 11.2 Å². The van der Waals surface area contributed by atoms with Gasteiger partial charge in [-0.2, -0.15) is 0 Å². The van der Waals surface area contributed by atoms with Gasteiger partial charge in [-0.1, -0.05) is 12.1 Å². The lowest BCUT2D eigenvalue weighted by Crippen LogP contribution is -2.39. The Morgan fingerprint density at radius 3 is 2.52 bits per heavy atom. The van der Waals surface area contributed by atoms with Gasteiger partial charge in [0.2, 0.25) is 5.91 Å². The number of carbonyl (C=O) groups excluding carboxylic acids is 1. The van der Waals surface area contributed by atoms with Crippen LogP contribution in [-0.4, -0.2) is 42.3 Å². The van der Waals surface area contributed by atoms with Gasteiger partial charge >= 0.3 is 6.36 Å². The second kappa shape index (κ2) is 8.27. The number of alkyl halides is 3. The molecule has 0 spiro atoms. The predicted molar refractivity (Wildman–Crippen MR) is 89.8 cm³/mol. The molecule has 2 aliphatic rings. The van der Waals surface area contributed by atoms with E-state index < -0.39 is 6.36 Å². The molecule has 1 aromatic carbocycles. The zero-order chi connectivity index (χ0) is 17.2. The molecular formula is C17H22ClF3N2O2. The summed E-state index contributed by atoms with van der Waals surface area (Å²) in [7, 11) is 0. The lowest BCUT2D eigenvalue weighted by molar-refractivity contribution is -0.274. The van der Waals surface area contributed by atoms with Gasteiger partial charge in [0, 0.05) is 31.6 Å². The Labute approximate surface area is 151 Å². The molecule has 4 nitrogen and oxygen atoms in total. The van der Waals surface area contributed by atoms with Crippen LogP contribution in [0.2, 0.25) is 0 Å². The molecule has 140 valence electrons. The smallest absolute Gasteiger partial charge is 0.406 e. The molecular weight excluding hydrogens is 357 g/mol. The molecule has 1 amide bonds. The molecule has 2 atom stereocenters. The molecule has 3 rings (SSSR count). The molecule has 2 fully saturated rings. The topological polar surface area (TPSA) is 41.6 Å². The van der Waals surface area contributed by atoms with Crippen molar-refractivity contribution in [3.05, 3.63) is 29.8 Å². The molecule has 2 aliphatic heterocycles. The predicted octanol–water partition coefficient (Wildman–Crippen LogP) is 3.29. The molecule has 0 aliphatic carbocycles. The van der Waals surface area contributed by atoms with Gasteiger partial charge in [0.25, 0.3) is 0 Å². The standard InChI is InChI=1S/C17H21F3N2O2.ClH/c18-17(19,20)24-15-6-1-12(2-7-15)3-8-16(23)22-10-9-13-4-5-14(11-22)21-13;/h1-2,6-7,13-14,21H,3-5,8-11H2;1H. The average molecular weight is 379 g/mol. The first-order valence-electron chi connectivity index (χ1n) is 8.27. The fourth-order valence-corrected chi connectivity index (χ4v) is 3.44. The summed E-state index contributed by atoms with van der Waals surface area (Å²) in [6.07, 6.45) is -0.489. The highest BCUT2D eigenvalue weighted by molar-refractivity contribution is 5.85. The molecule has 2 saturated heterocycles. The number of rotatable bonds is 4. The maximum atomic E-state index is 12.4.